The number of aromatic nitrogens is 1. The summed E-state index contributed by atoms with van der Waals surface area (Å²) in [5.41, 5.74) is 0.0548. The number of carbonyl (C=O) groups excluding carboxylic acids is 1. The van der Waals surface area contributed by atoms with Gasteiger partial charge in [-0.1, -0.05) is 0 Å². The molecule has 1 aliphatic heterocycles. The maximum Gasteiger partial charge on any atom is 0.360 e. The molecule has 0 bridgehead atoms. The van der Waals surface area contributed by atoms with Gasteiger partial charge >= 0.3 is 11.9 Å². The molecule has 104 valence electrons. The van der Waals surface area contributed by atoms with Gasteiger partial charge in [0, 0.05) is 18.1 Å². The highest BCUT2D eigenvalue weighted by Crippen LogP contribution is 2.23. The lowest BCUT2D eigenvalue weighted by Crippen LogP contribution is -2.47. The molecule has 1 aromatic heterocycles. The fraction of sp³-hybridized carbons (Fsp3) is 0.545. The van der Waals surface area contributed by atoms with Crippen molar-refractivity contribution < 1.29 is 23.8 Å². The molecule has 2 heterocycles. The molecule has 0 spiro atoms. The first-order chi connectivity index (χ1) is 9.13. The third-order valence-corrected chi connectivity index (χ3v) is 3.66. The van der Waals surface area contributed by atoms with Crippen molar-refractivity contribution in [3.8, 4) is 0 Å². The number of esters is 1. The smallest absolute Gasteiger partial charge is 0.360 e. The van der Waals surface area contributed by atoms with E-state index >= 15 is 0 Å². The number of ether oxygens (including phenoxy) is 1. The second-order valence-corrected chi connectivity index (χ2v) is 5.01. The number of carbonyl (C=O) groups is 2. The van der Waals surface area contributed by atoms with Crippen LogP contribution in [0.4, 0.5) is 6.01 Å². The van der Waals surface area contributed by atoms with E-state index in [-0.39, 0.29) is 18.3 Å². The van der Waals surface area contributed by atoms with E-state index < -0.39 is 18.0 Å². The SMILES string of the molecule is CCOC(=O)c1coc(N2CCSCC2C(=O)O)n1. The highest BCUT2D eigenvalue weighted by atomic mass is 32.2. The van der Waals surface area contributed by atoms with Crippen LogP contribution in [0, 0.1) is 0 Å². The number of nitrogens with zero attached hydrogens (tertiary/aromatic N) is 2. The Hall–Kier alpha value is -1.70. The van der Waals surface area contributed by atoms with Gasteiger partial charge in [0.15, 0.2) is 5.69 Å². The number of anilines is 1. The van der Waals surface area contributed by atoms with Gasteiger partial charge in [-0.3, -0.25) is 0 Å². The maximum absolute atomic E-state index is 11.5. The summed E-state index contributed by atoms with van der Waals surface area (Å²) in [5, 5.41) is 9.15. The lowest BCUT2D eigenvalue weighted by atomic mass is 10.3. The van der Waals surface area contributed by atoms with Crippen LogP contribution in [0.25, 0.3) is 0 Å². The van der Waals surface area contributed by atoms with E-state index in [1.165, 1.54) is 6.26 Å². The molecule has 0 amide bonds. The number of rotatable bonds is 4. The molecule has 1 atom stereocenters. The predicted octanol–water partition coefficient (Wildman–Crippen LogP) is 0.858. The second-order valence-electron chi connectivity index (χ2n) is 3.86. The van der Waals surface area contributed by atoms with Crippen LogP contribution in [-0.4, -0.2) is 52.7 Å². The molecule has 1 unspecified atom stereocenters. The average molecular weight is 286 g/mol. The number of hydrogen-bond acceptors (Lipinski definition) is 7. The summed E-state index contributed by atoms with van der Waals surface area (Å²) < 4.78 is 10.00. The van der Waals surface area contributed by atoms with Gasteiger partial charge in [0.05, 0.1) is 6.61 Å². The predicted molar refractivity (Wildman–Crippen MR) is 68.6 cm³/mol. The highest BCUT2D eigenvalue weighted by Gasteiger charge is 2.32. The lowest BCUT2D eigenvalue weighted by molar-refractivity contribution is -0.138. The Morgan fingerprint density at radius 3 is 3.16 bits per heavy atom. The van der Waals surface area contributed by atoms with E-state index in [0.717, 1.165) is 5.75 Å². The first-order valence-corrected chi connectivity index (χ1v) is 6.98. The quantitative estimate of drug-likeness (QED) is 0.815. The Bertz CT molecular complexity index is 475. The molecule has 19 heavy (non-hydrogen) atoms. The number of thioether (sulfide) groups is 1. The molecule has 1 aliphatic rings. The standard InChI is InChI=1S/C11H14N2O5S/c1-2-17-10(16)7-5-18-11(12-7)13-3-4-19-6-8(13)9(14)15/h5,8H,2-4,6H2,1H3,(H,14,15). The van der Waals surface area contributed by atoms with Crippen molar-refractivity contribution in [3.63, 3.8) is 0 Å². The van der Waals surface area contributed by atoms with Gasteiger partial charge in [0.1, 0.15) is 12.3 Å². The maximum atomic E-state index is 11.5. The number of aliphatic carboxylic acids is 1. The van der Waals surface area contributed by atoms with Crippen LogP contribution in [0.3, 0.4) is 0 Å². The molecule has 2 rings (SSSR count). The summed E-state index contributed by atoms with van der Waals surface area (Å²) in [4.78, 5) is 28.2. The number of oxazole rings is 1. The Morgan fingerprint density at radius 2 is 2.47 bits per heavy atom. The largest absolute Gasteiger partial charge is 0.480 e. The van der Waals surface area contributed by atoms with Crippen molar-refractivity contribution in [1.29, 1.82) is 0 Å². The van der Waals surface area contributed by atoms with Crippen LogP contribution in [0.5, 0.6) is 0 Å². The number of hydrogen-bond donors (Lipinski definition) is 1. The summed E-state index contributed by atoms with van der Waals surface area (Å²) >= 11 is 1.57. The van der Waals surface area contributed by atoms with E-state index in [2.05, 4.69) is 4.98 Å². The van der Waals surface area contributed by atoms with Crippen molar-refractivity contribution in [1.82, 2.24) is 4.98 Å². The van der Waals surface area contributed by atoms with Gasteiger partial charge in [-0.25, -0.2) is 9.59 Å². The van der Waals surface area contributed by atoms with Crippen LogP contribution in [-0.2, 0) is 9.53 Å². The van der Waals surface area contributed by atoms with Crippen LogP contribution < -0.4 is 4.90 Å². The van der Waals surface area contributed by atoms with E-state index in [0.29, 0.717) is 12.3 Å². The van der Waals surface area contributed by atoms with Crippen molar-refractivity contribution in [2.24, 2.45) is 0 Å². The minimum absolute atomic E-state index is 0.0548. The summed E-state index contributed by atoms with van der Waals surface area (Å²) in [5.74, 6) is -0.244. The highest BCUT2D eigenvalue weighted by molar-refractivity contribution is 7.99. The topological polar surface area (TPSA) is 92.9 Å². The van der Waals surface area contributed by atoms with E-state index in [4.69, 9.17) is 14.3 Å². The Morgan fingerprint density at radius 1 is 1.68 bits per heavy atom. The monoisotopic (exact) mass is 286 g/mol. The van der Waals surface area contributed by atoms with Gasteiger partial charge in [-0.05, 0) is 6.92 Å². The van der Waals surface area contributed by atoms with E-state index in [9.17, 15) is 9.59 Å². The summed E-state index contributed by atoms with van der Waals surface area (Å²) in [7, 11) is 0. The van der Waals surface area contributed by atoms with Crippen molar-refractivity contribution in [3.05, 3.63) is 12.0 Å². The fourth-order valence-corrected chi connectivity index (χ4v) is 2.77. The molecular weight excluding hydrogens is 272 g/mol. The van der Waals surface area contributed by atoms with Gasteiger partial charge in [-0.2, -0.15) is 16.7 Å². The molecular formula is C11H14N2O5S. The summed E-state index contributed by atoms with van der Waals surface area (Å²) in [6, 6.07) is -0.539. The normalized spacial score (nSPS) is 19.2. The summed E-state index contributed by atoms with van der Waals surface area (Å²) in [6.07, 6.45) is 1.19. The molecule has 1 N–H and O–H groups in total. The van der Waals surface area contributed by atoms with Crippen LogP contribution in [0.15, 0.2) is 10.7 Å². The zero-order chi connectivity index (χ0) is 13.8. The molecule has 1 aromatic rings. The number of carboxylic acids is 1. The van der Waals surface area contributed by atoms with Gasteiger partial charge in [0.25, 0.3) is 6.01 Å². The van der Waals surface area contributed by atoms with E-state index in [1.54, 1.807) is 23.6 Å². The van der Waals surface area contributed by atoms with Gasteiger partial charge < -0.3 is 19.2 Å². The van der Waals surface area contributed by atoms with Crippen LogP contribution in [0.2, 0.25) is 0 Å². The fourth-order valence-electron chi connectivity index (χ4n) is 1.73. The zero-order valence-electron chi connectivity index (χ0n) is 10.4. The minimum atomic E-state index is -0.928. The molecule has 1 fully saturated rings. The molecule has 0 aromatic carbocycles. The zero-order valence-corrected chi connectivity index (χ0v) is 11.2. The first-order valence-electron chi connectivity index (χ1n) is 5.83. The summed E-state index contributed by atoms with van der Waals surface area (Å²) in [6.45, 7) is 2.46. The van der Waals surface area contributed by atoms with Gasteiger partial charge in [-0.15, -0.1) is 0 Å². The second kappa shape index (κ2) is 5.96. The average Bonchev–Trinajstić information content (AvgIpc) is 2.88. The molecule has 0 radical (unpaired) electrons. The molecule has 0 aliphatic carbocycles. The Kier molecular flexibility index (Phi) is 4.31. The van der Waals surface area contributed by atoms with Gasteiger partial charge in [0.2, 0.25) is 0 Å². The third-order valence-electron chi connectivity index (χ3n) is 2.64. The molecule has 1 saturated heterocycles. The molecule has 0 saturated carbocycles. The molecule has 8 heteroatoms. The Balaban J connectivity index is 2.16. The minimum Gasteiger partial charge on any atom is -0.480 e. The van der Waals surface area contributed by atoms with Crippen molar-refractivity contribution in [2.75, 3.05) is 29.6 Å². The van der Waals surface area contributed by atoms with Crippen molar-refractivity contribution in [2.45, 2.75) is 13.0 Å². The van der Waals surface area contributed by atoms with Crippen LogP contribution >= 0.6 is 11.8 Å². The molecule has 7 nitrogen and oxygen atoms in total. The number of carboxylic acid groups (broad SMARTS) is 1. The third kappa shape index (κ3) is 3.01. The Labute approximate surface area is 113 Å². The van der Waals surface area contributed by atoms with Crippen molar-refractivity contribution >= 4 is 29.7 Å². The van der Waals surface area contributed by atoms with Crippen LogP contribution in [0.1, 0.15) is 17.4 Å². The first kappa shape index (κ1) is 13.7. The van der Waals surface area contributed by atoms with E-state index in [1.807, 2.05) is 0 Å². The lowest BCUT2D eigenvalue weighted by Gasteiger charge is -2.30.